The third-order valence-corrected chi connectivity index (χ3v) is 5.88. The fourth-order valence-electron chi connectivity index (χ4n) is 4.26. The largest absolute Gasteiger partial charge is 0.356 e. The SMILES string of the molecule is CN=C(NCCCC1CCCC1)NCc1ccccc1CN1CCCC1=O.I. The van der Waals surface area contributed by atoms with Gasteiger partial charge in [-0.25, -0.2) is 0 Å². The summed E-state index contributed by atoms with van der Waals surface area (Å²) in [5.74, 6) is 2.08. The van der Waals surface area contributed by atoms with Crippen LogP contribution in [0.4, 0.5) is 0 Å². The predicted octanol–water partition coefficient (Wildman–Crippen LogP) is 4.06. The standard InChI is InChI=1S/C22H34N4O.HI/c1-23-22(24-14-6-10-18-8-2-3-9-18)25-16-19-11-4-5-12-20(19)17-26-15-7-13-21(26)27;/h4-5,11-12,18H,2-3,6-10,13-17H2,1H3,(H2,23,24,25);1H. The first-order valence-electron chi connectivity index (χ1n) is 10.6. The number of carbonyl (C=O) groups is 1. The monoisotopic (exact) mass is 498 g/mol. The number of halogens is 1. The van der Waals surface area contributed by atoms with Gasteiger partial charge in [0.15, 0.2) is 5.96 Å². The van der Waals surface area contributed by atoms with Crippen molar-refractivity contribution in [2.45, 2.75) is 64.5 Å². The molecule has 28 heavy (non-hydrogen) atoms. The molecular formula is C22H35IN4O. The predicted molar refractivity (Wildman–Crippen MR) is 126 cm³/mol. The number of aliphatic imine (C=N–C) groups is 1. The van der Waals surface area contributed by atoms with E-state index in [2.05, 4.69) is 39.9 Å². The zero-order valence-corrected chi connectivity index (χ0v) is 19.4. The number of hydrogen-bond acceptors (Lipinski definition) is 2. The van der Waals surface area contributed by atoms with Gasteiger partial charge in [-0.05, 0) is 36.3 Å². The molecule has 1 aliphatic carbocycles. The quantitative estimate of drug-likeness (QED) is 0.246. The maximum Gasteiger partial charge on any atom is 0.222 e. The van der Waals surface area contributed by atoms with Gasteiger partial charge in [0.05, 0.1) is 0 Å². The first kappa shape index (κ1) is 23.0. The number of hydrogen-bond donors (Lipinski definition) is 2. The van der Waals surface area contributed by atoms with Crippen molar-refractivity contribution in [3.05, 3.63) is 35.4 Å². The topological polar surface area (TPSA) is 56.7 Å². The summed E-state index contributed by atoms with van der Waals surface area (Å²) < 4.78 is 0. The molecule has 2 N–H and O–H groups in total. The Morgan fingerprint density at radius 1 is 1.14 bits per heavy atom. The molecule has 1 heterocycles. The molecule has 2 aliphatic rings. The highest BCUT2D eigenvalue weighted by molar-refractivity contribution is 14.0. The van der Waals surface area contributed by atoms with E-state index < -0.39 is 0 Å². The molecule has 0 radical (unpaired) electrons. The maximum atomic E-state index is 11.9. The lowest BCUT2D eigenvalue weighted by atomic mass is 10.0. The maximum absolute atomic E-state index is 11.9. The molecular weight excluding hydrogens is 463 g/mol. The van der Waals surface area contributed by atoms with Crippen molar-refractivity contribution in [3.63, 3.8) is 0 Å². The van der Waals surface area contributed by atoms with Gasteiger partial charge in [-0.15, -0.1) is 24.0 Å². The number of likely N-dealkylation sites (tertiary alicyclic amines) is 1. The molecule has 0 aromatic heterocycles. The molecule has 1 saturated carbocycles. The summed E-state index contributed by atoms with van der Waals surface area (Å²) in [6, 6.07) is 8.37. The van der Waals surface area contributed by atoms with Crippen LogP contribution < -0.4 is 10.6 Å². The van der Waals surface area contributed by atoms with Crippen LogP contribution in [0.5, 0.6) is 0 Å². The highest BCUT2D eigenvalue weighted by Gasteiger charge is 2.20. The van der Waals surface area contributed by atoms with Crippen LogP contribution in [0.3, 0.4) is 0 Å². The minimum atomic E-state index is 0. The second-order valence-corrected chi connectivity index (χ2v) is 7.83. The van der Waals surface area contributed by atoms with Crippen molar-refractivity contribution in [1.29, 1.82) is 0 Å². The molecule has 0 atom stereocenters. The van der Waals surface area contributed by atoms with E-state index in [4.69, 9.17) is 0 Å². The van der Waals surface area contributed by atoms with Gasteiger partial charge in [0, 0.05) is 39.6 Å². The van der Waals surface area contributed by atoms with Crippen LogP contribution in [0.15, 0.2) is 29.3 Å². The van der Waals surface area contributed by atoms with Crippen LogP contribution in [-0.2, 0) is 17.9 Å². The second-order valence-electron chi connectivity index (χ2n) is 7.83. The molecule has 156 valence electrons. The fourth-order valence-corrected chi connectivity index (χ4v) is 4.26. The minimum absolute atomic E-state index is 0. The smallest absolute Gasteiger partial charge is 0.222 e. The summed E-state index contributed by atoms with van der Waals surface area (Å²) in [4.78, 5) is 18.2. The van der Waals surface area contributed by atoms with E-state index in [0.717, 1.165) is 37.9 Å². The van der Waals surface area contributed by atoms with Crippen molar-refractivity contribution < 1.29 is 4.79 Å². The van der Waals surface area contributed by atoms with E-state index in [0.29, 0.717) is 13.0 Å². The first-order chi connectivity index (χ1) is 13.3. The van der Waals surface area contributed by atoms with Crippen molar-refractivity contribution in [3.8, 4) is 0 Å². The molecule has 0 spiro atoms. The van der Waals surface area contributed by atoms with Crippen LogP contribution in [0.2, 0.25) is 0 Å². The van der Waals surface area contributed by atoms with Crippen molar-refractivity contribution >= 4 is 35.8 Å². The molecule has 1 aromatic carbocycles. The third-order valence-electron chi connectivity index (χ3n) is 5.88. The molecule has 0 unspecified atom stereocenters. The summed E-state index contributed by atoms with van der Waals surface area (Å²) in [5.41, 5.74) is 2.45. The number of nitrogens with zero attached hydrogens (tertiary/aromatic N) is 2. The Labute approximate surface area is 186 Å². The lowest BCUT2D eigenvalue weighted by molar-refractivity contribution is -0.128. The average Bonchev–Trinajstić information content (AvgIpc) is 3.34. The molecule has 1 amide bonds. The fraction of sp³-hybridized carbons (Fsp3) is 0.636. The summed E-state index contributed by atoms with van der Waals surface area (Å²) in [7, 11) is 1.82. The van der Waals surface area contributed by atoms with Crippen LogP contribution in [0.25, 0.3) is 0 Å². The van der Waals surface area contributed by atoms with E-state index in [1.807, 2.05) is 11.9 Å². The summed E-state index contributed by atoms with van der Waals surface area (Å²) in [6.45, 7) is 3.29. The zero-order chi connectivity index (χ0) is 18.9. The number of carbonyl (C=O) groups excluding carboxylic acids is 1. The molecule has 6 heteroatoms. The summed E-state index contributed by atoms with van der Waals surface area (Å²) >= 11 is 0. The van der Waals surface area contributed by atoms with Crippen molar-refractivity contribution in [1.82, 2.24) is 15.5 Å². The van der Waals surface area contributed by atoms with Gasteiger partial charge in [0.2, 0.25) is 5.91 Å². The highest BCUT2D eigenvalue weighted by Crippen LogP contribution is 2.28. The Bertz CT molecular complexity index is 643. The molecule has 1 aromatic rings. The highest BCUT2D eigenvalue weighted by atomic mass is 127. The Hall–Kier alpha value is -1.31. The molecule has 1 aliphatic heterocycles. The van der Waals surface area contributed by atoms with Crippen LogP contribution in [0, 0.1) is 5.92 Å². The lowest BCUT2D eigenvalue weighted by Gasteiger charge is -2.19. The normalized spacial score (nSPS) is 17.7. The van der Waals surface area contributed by atoms with Crippen LogP contribution in [-0.4, -0.2) is 36.9 Å². The molecule has 0 bridgehead atoms. The summed E-state index contributed by atoms with van der Waals surface area (Å²) in [5, 5.41) is 6.86. The van der Waals surface area contributed by atoms with Crippen LogP contribution >= 0.6 is 24.0 Å². The van der Waals surface area contributed by atoms with Gasteiger partial charge in [-0.1, -0.05) is 49.9 Å². The third kappa shape index (κ3) is 6.94. The molecule has 1 saturated heterocycles. The second kappa shape index (κ2) is 12.3. The van der Waals surface area contributed by atoms with E-state index in [-0.39, 0.29) is 29.9 Å². The van der Waals surface area contributed by atoms with Crippen molar-refractivity contribution in [2.24, 2.45) is 10.9 Å². The zero-order valence-electron chi connectivity index (χ0n) is 17.1. The number of amides is 1. The van der Waals surface area contributed by atoms with E-state index in [1.54, 1.807) is 0 Å². The Morgan fingerprint density at radius 3 is 2.57 bits per heavy atom. The Balaban J connectivity index is 0.00000280. The summed E-state index contributed by atoms with van der Waals surface area (Å²) in [6.07, 6.45) is 9.89. The number of rotatable bonds is 8. The van der Waals surface area contributed by atoms with E-state index >= 15 is 0 Å². The van der Waals surface area contributed by atoms with Gasteiger partial charge in [0.25, 0.3) is 0 Å². The Kier molecular flexibility index (Phi) is 10.1. The van der Waals surface area contributed by atoms with Crippen LogP contribution in [0.1, 0.15) is 62.5 Å². The number of benzene rings is 1. The van der Waals surface area contributed by atoms with Gasteiger partial charge in [-0.2, -0.15) is 0 Å². The minimum Gasteiger partial charge on any atom is -0.356 e. The van der Waals surface area contributed by atoms with E-state index in [1.165, 1.54) is 49.7 Å². The number of nitrogens with one attached hydrogen (secondary N) is 2. The van der Waals surface area contributed by atoms with Crippen molar-refractivity contribution in [2.75, 3.05) is 20.1 Å². The number of guanidine groups is 1. The molecule has 3 rings (SSSR count). The van der Waals surface area contributed by atoms with Gasteiger partial charge in [-0.3, -0.25) is 9.79 Å². The molecule has 2 fully saturated rings. The first-order valence-corrected chi connectivity index (χ1v) is 10.6. The molecule has 5 nitrogen and oxygen atoms in total. The van der Waals surface area contributed by atoms with Gasteiger partial charge < -0.3 is 15.5 Å². The Morgan fingerprint density at radius 2 is 1.89 bits per heavy atom. The lowest BCUT2D eigenvalue weighted by Crippen LogP contribution is -2.37. The van der Waals surface area contributed by atoms with Gasteiger partial charge >= 0.3 is 0 Å². The average molecular weight is 498 g/mol. The van der Waals surface area contributed by atoms with E-state index in [9.17, 15) is 4.79 Å². The van der Waals surface area contributed by atoms with Gasteiger partial charge in [0.1, 0.15) is 0 Å².